The van der Waals surface area contributed by atoms with Gasteiger partial charge in [-0.25, -0.2) is 0 Å². The monoisotopic (exact) mass is 324 g/mol. The van der Waals surface area contributed by atoms with Crippen LogP contribution < -0.4 is 0 Å². The molecular weight excluding hydrogens is 300 g/mol. The van der Waals surface area contributed by atoms with E-state index in [9.17, 15) is 4.79 Å². The Balaban J connectivity index is 1.89. The van der Waals surface area contributed by atoms with Gasteiger partial charge in [0, 0.05) is 17.6 Å². The lowest BCUT2D eigenvalue weighted by Crippen LogP contribution is -2.36. The average Bonchev–Trinajstić information content (AvgIpc) is 2.68. The molecule has 0 amide bonds. The average molecular weight is 325 g/mol. The minimum absolute atomic E-state index is 0.126. The Bertz CT molecular complexity index is 521. The number of halogens is 1. The molecule has 1 aromatic carbocycles. The molecule has 1 atom stereocenters. The highest BCUT2D eigenvalue weighted by atomic mass is 35.5. The summed E-state index contributed by atoms with van der Waals surface area (Å²) in [5.41, 5.74) is 2.41. The van der Waals surface area contributed by atoms with E-state index < -0.39 is 5.97 Å². The normalized spacial score (nSPS) is 20.1. The van der Waals surface area contributed by atoms with Crippen molar-refractivity contribution in [3.05, 3.63) is 34.3 Å². The number of aryl methyl sites for hydroxylation is 1. The standard InChI is InChI=1S/C17H25ClN2O2/c1-13-10-14(5-6-16(13)18)11-20-8-3-4-15(7-9-20)19(2)12-17(21)22/h5-6,10,15H,3-4,7-9,11-12H2,1-2H3,(H,21,22). The van der Waals surface area contributed by atoms with Gasteiger partial charge in [-0.1, -0.05) is 23.7 Å². The van der Waals surface area contributed by atoms with E-state index in [0.717, 1.165) is 49.5 Å². The van der Waals surface area contributed by atoms with E-state index in [4.69, 9.17) is 16.7 Å². The molecule has 0 aromatic heterocycles. The van der Waals surface area contributed by atoms with Crippen molar-refractivity contribution >= 4 is 17.6 Å². The number of rotatable bonds is 5. The molecule has 1 N–H and O–H groups in total. The molecule has 0 radical (unpaired) electrons. The molecule has 5 heteroatoms. The van der Waals surface area contributed by atoms with Crippen molar-refractivity contribution in [3.8, 4) is 0 Å². The summed E-state index contributed by atoms with van der Waals surface area (Å²) in [5, 5.41) is 9.73. The van der Waals surface area contributed by atoms with Crippen LogP contribution in [0.25, 0.3) is 0 Å². The molecule has 0 spiro atoms. The first-order chi connectivity index (χ1) is 10.5. The van der Waals surface area contributed by atoms with Crippen LogP contribution in [-0.2, 0) is 11.3 Å². The second-order valence-corrected chi connectivity index (χ2v) is 6.66. The van der Waals surface area contributed by atoms with Crippen LogP contribution in [0.3, 0.4) is 0 Å². The first kappa shape index (κ1) is 17.3. The Labute approximate surface area is 137 Å². The number of nitrogens with zero attached hydrogens (tertiary/aromatic N) is 2. The molecule has 1 unspecified atom stereocenters. The van der Waals surface area contributed by atoms with Crippen molar-refractivity contribution in [2.75, 3.05) is 26.7 Å². The van der Waals surface area contributed by atoms with Crippen molar-refractivity contribution in [1.29, 1.82) is 0 Å². The summed E-state index contributed by atoms with van der Waals surface area (Å²) in [7, 11) is 1.91. The predicted octanol–water partition coefficient (Wildman–Crippen LogP) is 3.02. The third-order valence-corrected chi connectivity index (χ3v) is 4.85. The summed E-state index contributed by atoms with van der Waals surface area (Å²) in [6.07, 6.45) is 3.21. The van der Waals surface area contributed by atoms with Gasteiger partial charge in [0.05, 0.1) is 6.54 Å². The predicted molar refractivity (Wildman–Crippen MR) is 89.4 cm³/mol. The zero-order valence-electron chi connectivity index (χ0n) is 13.4. The van der Waals surface area contributed by atoms with Crippen molar-refractivity contribution in [2.24, 2.45) is 0 Å². The summed E-state index contributed by atoms with van der Waals surface area (Å²) in [5.74, 6) is -0.750. The van der Waals surface area contributed by atoms with Crippen LogP contribution in [0.15, 0.2) is 18.2 Å². The zero-order chi connectivity index (χ0) is 16.1. The second-order valence-electron chi connectivity index (χ2n) is 6.25. The zero-order valence-corrected chi connectivity index (χ0v) is 14.1. The highest BCUT2D eigenvalue weighted by Crippen LogP contribution is 2.20. The first-order valence-corrected chi connectivity index (χ1v) is 8.23. The van der Waals surface area contributed by atoms with E-state index in [2.05, 4.69) is 17.0 Å². The van der Waals surface area contributed by atoms with Gasteiger partial charge in [-0.3, -0.25) is 14.6 Å². The van der Waals surface area contributed by atoms with Crippen molar-refractivity contribution < 1.29 is 9.90 Å². The lowest BCUT2D eigenvalue weighted by Gasteiger charge is -2.25. The SMILES string of the molecule is Cc1cc(CN2CCCC(N(C)CC(=O)O)CC2)ccc1Cl. The minimum Gasteiger partial charge on any atom is -0.480 e. The van der Waals surface area contributed by atoms with Gasteiger partial charge < -0.3 is 5.11 Å². The summed E-state index contributed by atoms with van der Waals surface area (Å²) < 4.78 is 0. The molecule has 2 rings (SSSR count). The van der Waals surface area contributed by atoms with E-state index in [-0.39, 0.29) is 6.54 Å². The van der Waals surface area contributed by atoms with Gasteiger partial charge in [-0.2, -0.15) is 0 Å². The lowest BCUT2D eigenvalue weighted by atomic mass is 10.1. The van der Waals surface area contributed by atoms with E-state index in [0.29, 0.717) is 6.04 Å². The highest BCUT2D eigenvalue weighted by Gasteiger charge is 2.21. The number of aliphatic carboxylic acids is 1. The van der Waals surface area contributed by atoms with Gasteiger partial charge in [-0.05, 0) is 63.5 Å². The second kappa shape index (κ2) is 7.95. The summed E-state index contributed by atoms with van der Waals surface area (Å²) >= 11 is 6.08. The van der Waals surface area contributed by atoms with Gasteiger partial charge in [0.2, 0.25) is 0 Å². The van der Waals surface area contributed by atoms with Gasteiger partial charge >= 0.3 is 5.97 Å². The molecule has 122 valence electrons. The Morgan fingerprint density at radius 2 is 2.18 bits per heavy atom. The fraction of sp³-hybridized carbons (Fsp3) is 0.588. The van der Waals surface area contributed by atoms with Crippen molar-refractivity contribution in [1.82, 2.24) is 9.80 Å². The molecular formula is C17H25ClN2O2. The quantitative estimate of drug-likeness (QED) is 0.904. The number of hydrogen-bond acceptors (Lipinski definition) is 3. The molecule has 4 nitrogen and oxygen atoms in total. The van der Waals surface area contributed by atoms with E-state index >= 15 is 0 Å². The molecule has 22 heavy (non-hydrogen) atoms. The summed E-state index contributed by atoms with van der Waals surface area (Å²) in [6, 6.07) is 6.58. The van der Waals surface area contributed by atoms with E-state index in [1.165, 1.54) is 5.56 Å². The van der Waals surface area contributed by atoms with E-state index in [1.54, 1.807) is 0 Å². The minimum atomic E-state index is -0.750. The smallest absolute Gasteiger partial charge is 0.317 e. The van der Waals surface area contributed by atoms with Crippen molar-refractivity contribution in [2.45, 2.75) is 38.8 Å². The van der Waals surface area contributed by atoms with Crippen LogP contribution in [0, 0.1) is 6.92 Å². The van der Waals surface area contributed by atoms with Gasteiger partial charge in [-0.15, -0.1) is 0 Å². The molecule has 1 aromatic rings. The number of carboxylic acids is 1. The number of carbonyl (C=O) groups is 1. The maximum Gasteiger partial charge on any atom is 0.317 e. The van der Waals surface area contributed by atoms with Gasteiger partial charge in [0.25, 0.3) is 0 Å². The van der Waals surface area contributed by atoms with Crippen LogP contribution in [0.5, 0.6) is 0 Å². The van der Waals surface area contributed by atoms with Crippen LogP contribution in [0.1, 0.15) is 30.4 Å². The number of benzene rings is 1. The fourth-order valence-corrected chi connectivity index (χ4v) is 3.26. The molecule has 0 bridgehead atoms. The first-order valence-electron chi connectivity index (χ1n) is 7.85. The Morgan fingerprint density at radius 3 is 2.86 bits per heavy atom. The Hall–Kier alpha value is -1.10. The van der Waals surface area contributed by atoms with Crippen LogP contribution in [0.2, 0.25) is 5.02 Å². The lowest BCUT2D eigenvalue weighted by molar-refractivity contribution is -0.138. The van der Waals surface area contributed by atoms with Crippen LogP contribution in [-0.4, -0.2) is 53.6 Å². The molecule has 0 saturated carbocycles. The Kier molecular flexibility index (Phi) is 6.24. The third kappa shape index (κ3) is 4.97. The number of hydrogen-bond donors (Lipinski definition) is 1. The molecule has 0 aliphatic carbocycles. The third-order valence-electron chi connectivity index (χ3n) is 4.43. The van der Waals surface area contributed by atoms with Gasteiger partial charge in [0.1, 0.15) is 0 Å². The molecule has 1 aliphatic heterocycles. The number of likely N-dealkylation sites (tertiary alicyclic amines) is 1. The number of likely N-dealkylation sites (N-methyl/N-ethyl adjacent to an activating group) is 1. The maximum atomic E-state index is 10.8. The van der Waals surface area contributed by atoms with Crippen LogP contribution in [0.4, 0.5) is 0 Å². The summed E-state index contributed by atoms with van der Waals surface area (Å²) in [4.78, 5) is 15.3. The van der Waals surface area contributed by atoms with Gasteiger partial charge in [0.15, 0.2) is 0 Å². The highest BCUT2D eigenvalue weighted by molar-refractivity contribution is 6.31. The van der Waals surface area contributed by atoms with E-state index in [1.807, 2.05) is 24.9 Å². The van der Waals surface area contributed by atoms with Crippen LogP contribution >= 0.6 is 11.6 Å². The Morgan fingerprint density at radius 1 is 1.41 bits per heavy atom. The largest absolute Gasteiger partial charge is 0.480 e. The topological polar surface area (TPSA) is 43.8 Å². The molecule has 1 saturated heterocycles. The maximum absolute atomic E-state index is 10.8. The molecule has 1 fully saturated rings. The molecule has 1 aliphatic rings. The fourth-order valence-electron chi connectivity index (χ4n) is 3.14. The molecule has 1 heterocycles. The number of carboxylic acid groups (broad SMARTS) is 1. The van der Waals surface area contributed by atoms with Crippen molar-refractivity contribution in [3.63, 3.8) is 0 Å². The summed E-state index contributed by atoms with van der Waals surface area (Å²) in [6.45, 7) is 5.18.